The van der Waals surface area contributed by atoms with Crippen LogP contribution < -0.4 is 0 Å². The van der Waals surface area contributed by atoms with E-state index in [4.69, 9.17) is 0 Å². The second kappa shape index (κ2) is 5.03. The zero-order valence-electron chi connectivity index (χ0n) is 14.2. The molecule has 0 aromatic rings. The molecule has 4 heteroatoms. The quantitative estimate of drug-likeness (QED) is 0.636. The molecule has 0 aliphatic heterocycles. The van der Waals surface area contributed by atoms with Crippen molar-refractivity contribution in [3.05, 3.63) is 0 Å². The molecule has 9 atom stereocenters. The molecule has 6 unspecified atom stereocenters. The summed E-state index contributed by atoms with van der Waals surface area (Å²) in [5.74, 6) is 1.41. The van der Waals surface area contributed by atoms with Crippen molar-refractivity contribution in [2.75, 3.05) is 0 Å². The van der Waals surface area contributed by atoms with Gasteiger partial charge in [-0.05, 0) is 67.1 Å². The van der Waals surface area contributed by atoms with Crippen molar-refractivity contribution in [1.29, 1.82) is 0 Å². The molecule has 0 heterocycles. The fourth-order valence-electron chi connectivity index (χ4n) is 7.04. The van der Waals surface area contributed by atoms with Gasteiger partial charge in [-0.25, -0.2) is 0 Å². The number of rotatable bonds is 0. The summed E-state index contributed by atoms with van der Waals surface area (Å²) in [6.07, 6.45) is 3.84. The fraction of sp³-hybridized carbons (Fsp3) is 0.947. The number of carbonyl (C=O) groups excluding carboxylic acids is 1. The summed E-state index contributed by atoms with van der Waals surface area (Å²) in [4.78, 5) is 12.9. The minimum atomic E-state index is -0.754. The SMILES string of the molecule is CC12CCC3C(CC(=O)[C@H]4C[C@H](O)[C@H](O)CC34C)C1CCC2O. The number of Topliss-reactive ketones (excluding diaryl/α,β-unsaturated/α-hetero) is 1. The molecule has 0 amide bonds. The van der Waals surface area contributed by atoms with Crippen molar-refractivity contribution < 1.29 is 20.1 Å². The predicted octanol–water partition coefficient (Wildman–Crippen LogP) is 1.90. The van der Waals surface area contributed by atoms with E-state index >= 15 is 0 Å². The first-order chi connectivity index (χ1) is 10.8. The molecule has 0 radical (unpaired) electrons. The normalized spacial score (nSPS) is 59.2. The first-order valence-corrected chi connectivity index (χ1v) is 9.34. The van der Waals surface area contributed by atoms with Gasteiger partial charge in [0, 0.05) is 12.3 Å². The lowest BCUT2D eigenvalue weighted by atomic mass is 9.44. The molecule has 0 aromatic carbocycles. The molecule has 4 fully saturated rings. The molecule has 0 spiro atoms. The van der Waals surface area contributed by atoms with Crippen LogP contribution in [0.3, 0.4) is 0 Å². The Morgan fingerprint density at radius 3 is 2.39 bits per heavy atom. The molecule has 4 rings (SSSR count). The standard InChI is InChI=1S/C19H30O4/c1-18-6-5-12-10(11(18)3-4-17(18)23)7-14(20)13-8-15(21)16(22)9-19(12,13)2/h10-13,15-17,21-23H,3-9H2,1-2H3/t10?,11?,12?,13-,15+,16-,17?,18?,19?/m1/s1. The van der Waals surface area contributed by atoms with Crippen molar-refractivity contribution in [1.82, 2.24) is 0 Å². The van der Waals surface area contributed by atoms with Crippen molar-refractivity contribution in [3.8, 4) is 0 Å². The van der Waals surface area contributed by atoms with Crippen LogP contribution in [-0.4, -0.2) is 39.4 Å². The molecule has 4 aliphatic carbocycles. The second-order valence-corrected chi connectivity index (χ2v) is 9.32. The lowest BCUT2D eigenvalue weighted by molar-refractivity contribution is -0.174. The summed E-state index contributed by atoms with van der Waals surface area (Å²) in [5, 5.41) is 30.7. The van der Waals surface area contributed by atoms with Gasteiger partial charge in [-0.15, -0.1) is 0 Å². The van der Waals surface area contributed by atoms with Crippen LogP contribution in [0.1, 0.15) is 58.8 Å². The molecular formula is C19H30O4. The van der Waals surface area contributed by atoms with Crippen LogP contribution in [0.25, 0.3) is 0 Å². The topological polar surface area (TPSA) is 77.8 Å². The largest absolute Gasteiger partial charge is 0.393 e. The Kier molecular flexibility index (Phi) is 3.51. The van der Waals surface area contributed by atoms with Gasteiger partial charge in [-0.1, -0.05) is 13.8 Å². The van der Waals surface area contributed by atoms with Gasteiger partial charge >= 0.3 is 0 Å². The third-order valence-electron chi connectivity index (χ3n) is 8.43. The van der Waals surface area contributed by atoms with Gasteiger partial charge in [0.2, 0.25) is 0 Å². The van der Waals surface area contributed by atoms with Gasteiger partial charge < -0.3 is 15.3 Å². The molecule has 4 saturated carbocycles. The van der Waals surface area contributed by atoms with Crippen LogP contribution in [0, 0.1) is 34.5 Å². The smallest absolute Gasteiger partial charge is 0.136 e. The number of ketones is 1. The zero-order valence-corrected chi connectivity index (χ0v) is 14.2. The summed E-state index contributed by atoms with van der Waals surface area (Å²) in [7, 11) is 0. The highest BCUT2D eigenvalue weighted by molar-refractivity contribution is 5.83. The van der Waals surface area contributed by atoms with Gasteiger partial charge in [-0.3, -0.25) is 4.79 Å². The summed E-state index contributed by atoms with van der Waals surface area (Å²) in [5.41, 5.74) is -0.217. The number of aliphatic hydroxyl groups excluding tert-OH is 3. The van der Waals surface area contributed by atoms with Crippen LogP contribution in [0.4, 0.5) is 0 Å². The van der Waals surface area contributed by atoms with Gasteiger partial charge in [0.15, 0.2) is 0 Å². The van der Waals surface area contributed by atoms with E-state index < -0.39 is 12.2 Å². The number of hydrogen-bond donors (Lipinski definition) is 3. The van der Waals surface area contributed by atoms with E-state index in [0.717, 1.165) is 25.7 Å². The van der Waals surface area contributed by atoms with Crippen LogP contribution >= 0.6 is 0 Å². The first kappa shape index (κ1) is 16.0. The van der Waals surface area contributed by atoms with E-state index in [1.807, 2.05) is 0 Å². The fourth-order valence-corrected chi connectivity index (χ4v) is 7.04. The maximum absolute atomic E-state index is 12.9. The lowest BCUT2D eigenvalue weighted by Crippen LogP contribution is -2.59. The number of hydrogen-bond acceptors (Lipinski definition) is 4. The minimum absolute atomic E-state index is 0.0303. The third kappa shape index (κ3) is 2.04. The Bertz CT molecular complexity index is 519. The minimum Gasteiger partial charge on any atom is -0.393 e. The van der Waals surface area contributed by atoms with Gasteiger partial charge in [0.1, 0.15) is 5.78 Å². The average molecular weight is 322 g/mol. The van der Waals surface area contributed by atoms with E-state index in [9.17, 15) is 20.1 Å². The van der Waals surface area contributed by atoms with Crippen LogP contribution in [0.5, 0.6) is 0 Å². The van der Waals surface area contributed by atoms with Crippen molar-refractivity contribution in [2.45, 2.75) is 77.1 Å². The van der Waals surface area contributed by atoms with E-state index in [1.165, 1.54) is 0 Å². The Balaban J connectivity index is 1.69. The summed E-state index contributed by atoms with van der Waals surface area (Å²) in [6, 6.07) is 0. The van der Waals surface area contributed by atoms with Gasteiger partial charge in [-0.2, -0.15) is 0 Å². The van der Waals surface area contributed by atoms with Crippen molar-refractivity contribution in [2.24, 2.45) is 34.5 Å². The summed E-state index contributed by atoms with van der Waals surface area (Å²) < 4.78 is 0. The highest BCUT2D eigenvalue weighted by Gasteiger charge is 2.62. The third-order valence-corrected chi connectivity index (χ3v) is 8.43. The average Bonchev–Trinajstić information content (AvgIpc) is 2.78. The monoisotopic (exact) mass is 322 g/mol. The van der Waals surface area contributed by atoms with E-state index in [-0.39, 0.29) is 28.6 Å². The molecule has 23 heavy (non-hydrogen) atoms. The Labute approximate surface area is 138 Å². The van der Waals surface area contributed by atoms with E-state index in [1.54, 1.807) is 0 Å². The molecule has 4 nitrogen and oxygen atoms in total. The molecule has 0 bridgehead atoms. The van der Waals surface area contributed by atoms with Crippen LogP contribution in [-0.2, 0) is 4.79 Å². The molecular weight excluding hydrogens is 292 g/mol. The highest BCUT2D eigenvalue weighted by atomic mass is 16.3. The highest BCUT2D eigenvalue weighted by Crippen LogP contribution is 2.65. The molecule has 0 aromatic heterocycles. The van der Waals surface area contributed by atoms with Crippen molar-refractivity contribution in [3.63, 3.8) is 0 Å². The van der Waals surface area contributed by atoms with E-state index in [0.29, 0.717) is 37.0 Å². The van der Waals surface area contributed by atoms with Gasteiger partial charge in [0.05, 0.1) is 18.3 Å². The number of fused-ring (bicyclic) bond motifs is 5. The number of aliphatic hydroxyl groups is 3. The van der Waals surface area contributed by atoms with Crippen LogP contribution in [0.15, 0.2) is 0 Å². The summed E-state index contributed by atoms with van der Waals surface area (Å²) in [6.45, 7) is 4.39. The molecule has 4 aliphatic rings. The predicted molar refractivity (Wildman–Crippen MR) is 85.5 cm³/mol. The maximum atomic E-state index is 12.9. The second-order valence-electron chi connectivity index (χ2n) is 9.32. The zero-order chi connectivity index (χ0) is 16.6. The molecule has 3 N–H and O–H groups in total. The molecule has 130 valence electrons. The molecule has 0 saturated heterocycles. The Morgan fingerprint density at radius 1 is 0.957 bits per heavy atom. The summed E-state index contributed by atoms with van der Waals surface area (Å²) >= 11 is 0. The van der Waals surface area contributed by atoms with Gasteiger partial charge in [0.25, 0.3) is 0 Å². The van der Waals surface area contributed by atoms with E-state index in [2.05, 4.69) is 13.8 Å². The van der Waals surface area contributed by atoms with Crippen LogP contribution in [0.2, 0.25) is 0 Å². The first-order valence-electron chi connectivity index (χ1n) is 9.34. The van der Waals surface area contributed by atoms with Crippen molar-refractivity contribution >= 4 is 5.78 Å². The maximum Gasteiger partial charge on any atom is 0.136 e. The number of carbonyl (C=O) groups is 1. The lowest BCUT2D eigenvalue weighted by Gasteiger charge is -2.60. The Hall–Kier alpha value is -0.450. The Morgan fingerprint density at radius 2 is 1.65 bits per heavy atom.